The fourth-order valence-electron chi connectivity index (χ4n) is 3.50. The van der Waals surface area contributed by atoms with Gasteiger partial charge in [-0.15, -0.1) is 0 Å². The molecule has 3 aromatic rings. The van der Waals surface area contributed by atoms with Crippen LogP contribution >= 0.6 is 11.6 Å². The molecule has 1 aromatic heterocycles. The fraction of sp³-hybridized carbons (Fsp3) is 0.217. The van der Waals surface area contributed by atoms with Gasteiger partial charge in [-0.1, -0.05) is 43.6 Å². The van der Waals surface area contributed by atoms with Gasteiger partial charge in [0.15, 0.2) is 0 Å². The molecule has 0 radical (unpaired) electrons. The van der Waals surface area contributed by atoms with E-state index in [4.69, 9.17) is 23.1 Å². The maximum atomic E-state index is 13.3. The molecule has 0 fully saturated rings. The lowest BCUT2D eigenvalue weighted by atomic mass is 9.95. The second-order valence-corrected chi connectivity index (χ2v) is 7.82. The molecular weight excluding hydrogens is 386 g/mol. The van der Waals surface area contributed by atoms with Crippen molar-refractivity contribution in [1.29, 1.82) is 0 Å². The Hall–Kier alpha value is -2.89. The minimum absolute atomic E-state index is 0.0719. The number of carbonyl (C=O) groups excluding carboxylic acids is 1. The Labute approximate surface area is 174 Å². The van der Waals surface area contributed by atoms with Crippen molar-refractivity contribution >= 4 is 34.4 Å². The van der Waals surface area contributed by atoms with Crippen LogP contribution < -0.4 is 17.0 Å². The zero-order valence-corrected chi connectivity index (χ0v) is 17.2. The van der Waals surface area contributed by atoms with Crippen LogP contribution in [-0.4, -0.2) is 10.5 Å². The van der Waals surface area contributed by atoms with E-state index in [1.807, 2.05) is 30.3 Å². The van der Waals surface area contributed by atoms with Crippen LogP contribution in [0.2, 0.25) is 5.02 Å². The Morgan fingerprint density at radius 1 is 1.14 bits per heavy atom. The van der Waals surface area contributed by atoms with Crippen LogP contribution in [0.5, 0.6) is 0 Å². The van der Waals surface area contributed by atoms with Crippen LogP contribution in [0.3, 0.4) is 0 Å². The molecule has 0 aliphatic heterocycles. The Morgan fingerprint density at radius 2 is 1.83 bits per heavy atom. The summed E-state index contributed by atoms with van der Waals surface area (Å²) in [6.45, 7) is 4.93. The maximum absolute atomic E-state index is 13.3. The molecule has 3 rings (SSSR count). The molecule has 1 amide bonds. The van der Waals surface area contributed by atoms with Crippen LogP contribution in [0.1, 0.15) is 25.1 Å². The first-order valence-corrected chi connectivity index (χ1v) is 9.82. The van der Waals surface area contributed by atoms with Crippen molar-refractivity contribution in [2.45, 2.75) is 26.9 Å². The van der Waals surface area contributed by atoms with Gasteiger partial charge in [-0.2, -0.15) is 0 Å². The van der Waals surface area contributed by atoms with Crippen LogP contribution in [0.25, 0.3) is 28.0 Å². The van der Waals surface area contributed by atoms with Crippen LogP contribution in [-0.2, 0) is 17.9 Å². The number of hydrogen-bond donors (Lipinski definition) is 2. The number of fused-ring (bicyclic) bond motifs is 1. The van der Waals surface area contributed by atoms with Crippen LogP contribution in [0, 0.1) is 5.92 Å². The number of nitrogens with two attached hydrogens (primary N) is 2. The summed E-state index contributed by atoms with van der Waals surface area (Å²) in [5.74, 6) is -0.246. The monoisotopic (exact) mass is 409 g/mol. The van der Waals surface area contributed by atoms with Gasteiger partial charge in [0.25, 0.3) is 5.56 Å². The quantitative estimate of drug-likeness (QED) is 0.604. The Morgan fingerprint density at radius 3 is 2.41 bits per heavy atom. The number of pyridine rings is 1. The van der Waals surface area contributed by atoms with E-state index in [9.17, 15) is 9.59 Å². The third-order valence-corrected chi connectivity index (χ3v) is 4.97. The molecule has 5 nitrogen and oxygen atoms in total. The summed E-state index contributed by atoms with van der Waals surface area (Å²) in [4.78, 5) is 24.4. The molecule has 150 valence electrons. The van der Waals surface area contributed by atoms with E-state index >= 15 is 0 Å². The molecule has 2 aromatic carbocycles. The molecule has 0 aliphatic rings. The highest BCUT2D eigenvalue weighted by Crippen LogP contribution is 2.32. The number of amides is 1. The molecule has 0 spiro atoms. The highest BCUT2D eigenvalue weighted by atomic mass is 35.5. The molecule has 0 unspecified atom stereocenters. The van der Waals surface area contributed by atoms with Crippen molar-refractivity contribution in [3.8, 4) is 11.1 Å². The summed E-state index contributed by atoms with van der Waals surface area (Å²) in [5, 5.41) is 2.02. The van der Waals surface area contributed by atoms with Gasteiger partial charge in [0.2, 0.25) is 5.91 Å². The zero-order chi connectivity index (χ0) is 21.1. The molecule has 4 N–H and O–H groups in total. The highest BCUT2D eigenvalue weighted by molar-refractivity contribution is 6.30. The van der Waals surface area contributed by atoms with Crippen molar-refractivity contribution in [1.82, 2.24) is 4.57 Å². The minimum Gasteiger partial charge on any atom is -0.366 e. The smallest absolute Gasteiger partial charge is 0.258 e. The van der Waals surface area contributed by atoms with Gasteiger partial charge in [0.05, 0.1) is 0 Å². The van der Waals surface area contributed by atoms with E-state index in [2.05, 4.69) is 13.8 Å². The molecule has 0 bridgehead atoms. The zero-order valence-electron chi connectivity index (χ0n) is 16.5. The molecule has 0 saturated heterocycles. The number of halogens is 1. The summed E-state index contributed by atoms with van der Waals surface area (Å²) in [5.41, 5.74) is 14.6. The van der Waals surface area contributed by atoms with Crippen LogP contribution in [0.4, 0.5) is 0 Å². The average molecular weight is 410 g/mol. The number of nitrogens with zero attached hydrogens (tertiary/aromatic N) is 1. The first-order valence-electron chi connectivity index (χ1n) is 9.44. The Balaban J connectivity index is 2.41. The second kappa shape index (κ2) is 8.64. The average Bonchev–Trinajstić information content (AvgIpc) is 2.68. The van der Waals surface area contributed by atoms with E-state index in [1.165, 1.54) is 6.08 Å². The molecule has 1 heterocycles. The minimum atomic E-state index is -0.530. The van der Waals surface area contributed by atoms with Gasteiger partial charge in [-0.3, -0.25) is 9.59 Å². The van der Waals surface area contributed by atoms with Crippen molar-refractivity contribution in [3.05, 3.63) is 75.2 Å². The third-order valence-electron chi connectivity index (χ3n) is 4.72. The summed E-state index contributed by atoms with van der Waals surface area (Å²) in [7, 11) is 0. The molecule has 0 atom stereocenters. The summed E-state index contributed by atoms with van der Waals surface area (Å²) in [6, 6.07) is 13.0. The highest BCUT2D eigenvalue weighted by Gasteiger charge is 2.18. The predicted molar refractivity (Wildman–Crippen MR) is 120 cm³/mol. The standard InChI is InChI=1S/C23H24ClN3O2/c1-14(2)13-27-20(12-25)22(16-5-7-17(24)8-6-16)19-11-15(4-10-21(26)28)3-9-18(19)23(27)29/h3-11,14H,12-13,25H2,1-2H3,(H2,26,28)/b10-4+. The van der Waals surface area contributed by atoms with Gasteiger partial charge in [0.1, 0.15) is 0 Å². The van der Waals surface area contributed by atoms with Crippen LogP contribution in [0.15, 0.2) is 53.3 Å². The van der Waals surface area contributed by atoms with E-state index in [0.29, 0.717) is 17.0 Å². The predicted octanol–water partition coefficient (Wildman–Crippen LogP) is 3.94. The Bertz CT molecular complexity index is 1150. The second-order valence-electron chi connectivity index (χ2n) is 7.38. The first kappa shape index (κ1) is 20.8. The number of hydrogen-bond acceptors (Lipinski definition) is 3. The summed E-state index contributed by atoms with van der Waals surface area (Å²) >= 11 is 6.08. The molecule has 29 heavy (non-hydrogen) atoms. The largest absolute Gasteiger partial charge is 0.366 e. The number of carbonyl (C=O) groups is 1. The SMILES string of the molecule is CC(C)Cn1c(CN)c(-c2ccc(Cl)cc2)c2cc(/C=C/C(N)=O)ccc2c1=O. The summed E-state index contributed by atoms with van der Waals surface area (Å²) in [6.07, 6.45) is 2.93. The normalized spacial score (nSPS) is 11.6. The number of rotatable bonds is 6. The summed E-state index contributed by atoms with van der Waals surface area (Å²) < 4.78 is 1.77. The van der Waals surface area contributed by atoms with Crippen molar-refractivity contribution in [2.24, 2.45) is 17.4 Å². The van der Waals surface area contributed by atoms with E-state index in [1.54, 1.807) is 22.8 Å². The fourth-order valence-corrected chi connectivity index (χ4v) is 3.63. The van der Waals surface area contributed by atoms with E-state index in [-0.39, 0.29) is 18.0 Å². The van der Waals surface area contributed by atoms with Crippen molar-refractivity contribution in [2.75, 3.05) is 0 Å². The number of benzene rings is 2. The van der Waals surface area contributed by atoms with Gasteiger partial charge in [-0.05, 0) is 52.8 Å². The van der Waals surface area contributed by atoms with Gasteiger partial charge in [0, 0.05) is 40.8 Å². The van der Waals surface area contributed by atoms with Gasteiger partial charge < -0.3 is 16.0 Å². The lowest BCUT2D eigenvalue weighted by Crippen LogP contribution is -2.28. The number of primary amides is 1. The number of aromatic nitrogens is 1. The molecule has 0 aliphatic carbocycles. The topological polar surface area (TPSA) is 91.1 Å². The van der Waals surface area contributed by atoms with Crippen molar-refractivity contribution < 1.29 is 4.79 Å². The van der Waals surface area contributed by atoms with Gasteiger partial charge >= 0.3 is 0 Å². The Kier molecular flexibility index (Phi) is 6.20. The lowest BCUT2D eigenvalue weighted by Gasteiger charge is -2.21. The van der Waals surface area contributed by atoms with E-state index in [0.717, 1.165) is 27.8 Å². The third kappa shape index (κ3) is 4.42. The van der Waals surface area contributed by atoms with E-state index < -0.39 is 5.91 Å². The molecule has 0 saturated carbocycles. The van der Waals surface area contributed by atoms with Gasteiger partial charge in [-0.25, -0.2) is 0 Å². The lowest BCUT2D eigenvalue weighted by molar-refractivity contribution is -0.113. The molecular formula is C23H24ClN3O2. The van der Waals surface area contributed by atoms with Crippen molar-refractivity contribution in [3.63, 3.8) is 0 Å². The molecule has 6 heteroatoms. The maximum Gasteiger partial charge on any atom is 0.258 e. The first-order chi connectivity index (χ1) is 13.8.